The molecular formula is C24H27F3N2O3. The van der Waals surface area contributed by atoms with Gasteiger partial charge >= 0.3 is 6.18 Å². The van der Waals surface area contributed by atoms with Crippen LogP contribution in [0.5, 0.6) is 5.75 Å². The lowest BCUT2D eigenvalue weighted by Crippen LogP contribution is -2.49. The second-order valence-electron chi connectivity index (χ2n) is 8.43. The average Bonchev–Trinajstić information content (AvgIpc) is 2.89. The molecule has 1 amide bonds. The number of methoxy groups -OCH3 is 1. The van der Waals surface area contributed by atoms with E-state index >= 15 is 0 Å². The van der Waals surface area contributed by atoms with E-state index in [0.29, 0.717) is 11.3 Å². The Labute approximate surface area is 185 Å². The lowest BCUT2D eigenvalue weighted by molar-refractivity contribution is -0.138. The predicted octanol–water partition coefficient (Wildman–Crippen LogP) is 3.89. The van der Waals surface area contributed by atoms with Crippen LogP contribution in [0.4, 0.5) is 18.9 Å². The van der Waals surface area contributed by atoms with Gasteiger partial charge in [0.2, 0.25) is 0 Å². The second kappa shape index (κ2) is 9.11. The molecule has 0 aromatic heterocycles. The summed E-state index contributed by atoms with van der Waals surface area (Å²) in [5.74, 6) is -0.791. The topological polar surface area (TPSA) is 61.8 Å². The van der Waals surface area contributed by atoms with Crippen LogP contribution in [0.25, 0.3) is 0 Å². The van der Waals surface area contributed by atoms with Gasteiger partial charge in [0.1, 0.15) is 11.9 Å². The van der Waals surface area contributed by atoms with E-state index in [-0.39, 0.29) is 30.3 Å². The fourth-order valence-corrected chi connectivity index (χ4v) is 4.73. The van der Waals surface area contributed by atoms with Gasteiger partial charge in [-0.2, -0.15) is 13.2 Å². The Morgan fingerprint density at radius 3 is 2.53 bits per heavy atom. The summed E-state index contributed by atoms with van der Waals surface area (Å²) in [5, 5.41) is 14.4. The number of anilines is 1. The average molecular weight is 448 g/mol. The molecule has 172 valence electrons. The smallest absolute Gasteiger partial charge is 0.416 e. The lowest BCUT2D eigenvalue weighted by Gasteiger charge is -2.32. The number of amides is 1. The number of hydrogen-bond donors (Lipinski definition) is 2. The maximum absolute atomic E-state index is 13.9. The van der Waals surface area contributed by atoms with E-state index in [4.69, 9.17) is 4.74 Å². The van der Waals surface area contributed by atoms with Crippen molar-refractivity contribution in [2.75, 3.05) is 25.1 Å². The zero-order valence-corrected chi connectivity index (χ0v) is 17.9. The second-order valence-corrected chi connectivity index (χ2v) is 8.43. The van der Waals surface area contributed by atoms with Crippen molar-refractivity contribution >= 4 is 11.6 Å². The summed E-state index contributed by atoms with van der Waals surface area (Å²) in [6, 6.07) is 10.6. The maximum atomic E-state index is 13.9. The molecular weight excluding hydrogens is 421 g/mol. The Balaban J connectivity index is 1.79. The Morgan fingerprint density at radius 1 is 1.16 bits per heavy atom. The van der Waals surface area contributed by atoms with Crippen molar-refractivity contribution in [2.45, 2.75) is 49.9 Å². The number of nitrogens with one attached hydrogen (secondary N) is 1. The fraction of sp³-hybridized carbons (Fsp3) is 0.458. The van der Waals surface area contributed by atoms with Gasteiger partial charge in [0.05, 0.1) is 12.7 Å². The molecule has 1 fully saturated rings. The van der Waals surface area contributed by atoms with Crippen molar-refractivity contribution in [1.82, 2.24) is 5.32 Å². The number of hydrogen-bond acceptors (Lipinski definition) is 4. The third kappa shape index (κ3) is 4.47. The Morgan fingerprint density at radius 2 is 1.91 bits per heavy atom. The highest BCUT2D eigenvalue weighted by Crippen LogP contribution is 2.42. The first-order chi connectivity index (χ1) is 15.3. The zero-order chi connectivity index (χ0) is 22.9. The summed E-state index contributed by atoms with van der Waals surface area (Å²) in [5.41, 5.74) is 0.0954. The summed E-state index contributed by atoms with van der Waals surface area (Å²) >= 11 is 0. The van der Waals surface area contributed by atoms with Crippen molar-refractivity contribution in [2.24, 2.45) is 0 Å². The molecule has 0 saturated carbocycles. The number of carbonyl (C=O) groups excluding carboxylic acids is 1. The first-order valence-electron chi connectivity index (χ1n) is 10.9. The van der Waals surface area contributed by atoms with Gasteiger partial charge in [-0.1, -0.05) is 24.6 Å². The molecule has 8 heteroatoms. The van der Waals surface area contributed by atoms with Crippen LogP contribution < -0.4 is 15.0 Å². The fourth-order valence-electron chi connectivity index (χ4n) is 4.73. The van der Waals surface area contributed by atoms with Crippen LogP contribution in [-0.4, -0.2) is 43.4 Å². The summed E-state index contributed by atoms with van der Waals surface area (Å²) in [4.78, 5) is 14.7. The van der Waals surface area contributed by atoms with Crippen molar-refractivity contribution in [3.63, 3.8) is 0 Å². The molecule has 0 bridgehead atoms. The highest BCUT2D eigenvalue weighted by molar-refractivity contribution is 5.99. The molecule has 5 nitrogen and oxygen atoms in total. The van der Waals surface area contributed by atoms with E-state index in [2.05, 4.69) is 5.32 Å². The van der Waals surface area contributed by atoms with E-state index in [1.54, 1.807) is 30.3 Å². The highest BCUT2D eigenvalue weighted by Gasteiger charge is 2.42. The summed E-state index contributed by atoms with van der Waals surface area (Å²) in [6.07, 6.45) is -3.27. The number of carbonyl (C=O) groups is 1. The third-order valence-corrected chi connectivity index (χ3v) is 6.43. The number of rotatable bonds is 4. The van der Waals surface area contributed by atoms with Gasteiger partial charge < -0.3 is 20.1 Å². The number of benzene rings is 2. The minimum Gasteiger partial charge on any atom is -0.497 e. The summed E-state index contributed by atoms with van der Waals surface area (Å²) in [7, 11) is 1.52. The van der Waals surface area contributed by atoms with Crippen LogP contribution in [-0.2, 0) is 17.4 Å². The molecule has 2 aliphatic heterocycles. The van der Waals surface area contributed by atoms with Crippen LogP contribution in [0.1, 0.15) is 41.9 Å². The number of piperidine rings is 1. The number of alkyl halides is 3. The van der Waals surface area contributed by atoms with E-state index in [1.165, 1.54) is 18.1 Å². The van der Waals surface area contributed by atoms with Crippen LogP contribution >= 0.6 is 0 Å². The van der Waals surface area contributed by atoms with Crippen LogP contribution in [0.2, 0.25) is 0 Å². The Hall–Kier alpha value is -2.58. The molecule has 2 aromatic rings. The SMILES string of the molecule is COc1ccc(C2Cc3c(cccc3C(F)(F)F)N(CC3CCCCN3)C(=O)[C@@H]2O)cc1. The molecule has 2 N–H and O–H groups in total. The van der Waals surface area contributed by atoms with E-state index in [1.807, 2.05) is 0 Å². The van der Waals surface area contributed by atoms with Gasteiger partial charge in [0.25, 0.3) is 5.91 Å². The zero-order valence-electron chi connectivity index (χ0n) is 17.9. The molecule has 1 saturated heterocycles. The first kappa shape index (κ1) is 22.6. The van der Waals surface area contributed by atoms with Crippen LogP contribution in [0.3, 0.4) is 0 Å². The monoisotopic (exact) mass is 448 g/mol. The molecule has 0 aliphatic carbocycles. The highest BCUT2D eigenvalue weighted by atomic mass is 19.4. The number of aliphatic hydroxyl groups excluding tert-OH is 1. The van der Waals surface area contributed by atoms with Gasteiger partial charge in [0, 0.05) is 24.2 Å². The van der Waals surface area contributed by atoms with Crippen molar-refractivity contribution in [3.8, 4) is 5.75 Å². The van der Waals surface area contributed by atoms with E-state index in [0.717, 1.165) is 31.9 Å². The number of halogens is 3. The molecule has 32 heavy (non-hydrogen) atoms. The van der Waals surface area contributed by atoms with Crippen molar-refractivity contribution in [1.29, 1.82) is 0 Å². The van der Waals surface area contributed by atoms with Gasteiger partial charge in [-0.3, -0.25) is 4.79 Å². The van der Waals surface area contributed by atoms with E-state index < -0.39 is 29.7 Å². The van der Waals surface area contributed by atoms with E-state index in [9.17, 15) is 23.1 Å². The van der Waals surface area contributed by atoms with Gasteiger partial charge in [0.15, 0.2) is 0 Å². The van der Waals surface area contributed by atoms with Gasteiger partial charge in [-0.05, 0) is 61.2 Å². The number of nitrogens with zero attached hydrogens (tertiary/aromatic N) is 1. The number of ether oxygens (including phenoxy) is 1. The molecule has 2 unspecified atom stereocenters. The first-order valence-corrected chi connectivity index (χ1v) is 10.9. The quantitative estimate of drug-likeness (QED) is 0.745. The number of fused-ring (bicyclic) bond motifs is 1. The minimum atomic E-state index is -4.57. The standard InChI is InChI=1S/C24H27F3N2O3/c1-32-17-10-8-15(9-11-17)18-13-19-20(24(25,26)27)6-4-7-21(19)29(23(31)22(18)30)14-16-5-2-3-12-28-16/h4,6-11,16,18,22,28,30H,2-3,5,12-14H2,1H3/t16?,18?,22-/m1/s1. The molecule has 2 aromatic carbocycles. The Bertz CT molecular complexity index is 956. The molecule has 3 atom stereocenters. The molecule has 2 heterocycles. The largest absolute Gasteiger partial charge is 0.497 e. The van der Waals surface area contributed by atoms with Crippen LogP contribution in [0, 0.1) is 0 Å². The molecule has 0 spiro atoms. The predicted molar refractivity (Wildman–Crippen MR) is 115 cm³/mol. The summed E-state index contributed by atoms with van der Waals surface area (Å²) < 4.78 is 46.9. The van der Waals surface area contributed by atoms with Crippen molar-refractivity contribution in [3.05, 3.63) is 59.2 Å². The van der Waals surface area contributed by atoms with Gasteiger partial charge in [-0.25, -0.2) is 0 Å². The van der Waals surface area contributed by atoms with Crippen molar-refractivity contribution < 1.29 is 27.8 Å². The molecule has 0 radical (unpaired) electrons. The Kier molecular flexibility index (Phi) is 6.44. The third-order valence-electron chi connectivity index (χ3n) is 6.43. The van der Waals surface area contributed by atoms with Gasteiger partial charge in [-0.15, -0.1) is 0 Å². The normalized spacial score (nSPS) is 24.1. The van der Waals surface area contributed by atoms with Crippen LogP contribution in [0.15, 0.2) is 42.5 Å². The molecule has 4 rings (SSSR count). The summed E-state index contributed by atoms with van der Waals surface area (Å²) in [6.45, 7) is 1.03. The minimum absolute atomic E-state index is 0.0279. The number of aliphatic hydroxyl groups is 1. The molecule has 2 aliphatic rings. The maximum Gasteiger partial charge on any atom is 0.416 e. The lowest BCUT2D eigenvalue weighted by atomic mass is 9.86.